The highest BCUT2D eigenvalue weighted by Gasteiger charge is 2.17. The minimum Gasteiger partial charge on any atom is -0.322 e. The topological polar surface area (TPSA) is 58.5 Å². The van der Waals surface area contributed by atoms with E-state index in [2.05, 4.69) is 10.3 Å². The van der Waals surface area contributed by atoms with Crippen molar-refractivity contribution in [3.63, 3.8) is 0 Å². The summed E-state index contributed by atoms with van der Waals surface area (Å²) in [4.78, 5) is 32.0. The van der Waals surface area contributed by atoms with E-state index < -0.39 is 0 Å². The Morgan fingerprint density at radius 3 is 2.26 bits per heavy atom. The van der Waals surface area contributed by atoms with E-state index in [4.69, 9.17) is 0 Å². The Morgan fingerprint density at radius 2 is 1.44 bits per heavy atom. The molecule has 0 aromatic heterocycles. The number of ketones is 1. The number of benzene rings is 4. The fraction of sp³-hybridized carbons (Fsp3) is 0. The van der Waals surface area contributed by atoms with Gasteiger partial charge >= 0.3 is 0 Å². The molecular weight excluding hydrogens is 440 g/mol. The average Bonchev–Trinajstić information content (AvgIpc) is 3.12. The molecule has 1 amide bonds. The van der Waals surface area contributed by atoms with Gasteiger partial charge < -0.3 is 5.32 Å². The first-order chi connectivity index (χ1) is 16.7. The number of anilines is 1. The Morgan fingerprint density at radius 1 is 0.735 bits per heavy atom. The van der Waals surface area contributed by atoms with E-state index >= 15 is 0 Å². The van der Waals surface area contributed by atoms with Crippen LogP contribution in [-0.4, -0.2) is 17.9 Å². The van der Waals surface area contributed by atoms with Crippen molar-refractivity contribution in [2.24, 2.45) is 4.99 Å². The van der Waals surface area contributed by atoms with Gasteiger partial charge in [-0.2, -0.15) is 0 Å². The van der Waals surface area contributed by atoms with Crippen molar-refractivity contribution in [3.05, 3.63) is 125 Å². The van der Waals surface area contributed by atoms with Gasteiger partial charge in [0.1, 0.15) is 0 Å². The van der Waals surface area contributed by atoms with E-state index in [1.165, 1.54) is 11.8 Å². The summed E-state index contributed by atoms with van der Waals surface area (Å²) in [6.45, 7) is 0. The molecule has 0 saturated heterocycles. The third kappa shape index (κ3) is 4.60. The maximum atomic E-state index is 13.1. The SMILES string of the molecule is O=C(C1=CC=Nc2ccccc2S1)c1ccc(NC(=O)c2ccccc2-c2ccccc2)cc1. The number of nitrogens with one attached hydrogen (secondary N) is 1. The summed E-state index contributed by atoms with van der Waals surface area (Å²) in [5, 5.41) is 2.95. The number of hydrogen-bond acceptors (Lipinski definition) is 4. The van der Waals surface area contributed by atoms with Gasteiger partial charge in [0.15, 0.2) is 5.78 Å². The minimum atomic E-state index is -0.201. The fourth-order valence-corrected chi connectivity index (χ4v) is 4.65. The predicted octanol–water partition coefficient (Wildman–Crippen LogP) is 7.18. The molecule has 4 aromatic carbocycles. The van der Waals surface area contributed by atoms with Gasteiger partial charge in [0.2, 0.25) is 0 Å². The lowest BCUT2D eigenvalue weighted by Gasteiger charge is -2.11. The molecule has 0 fully saturated rings. The van der Waals surface area contributed by atoms with Crippen LogP contribution >= 0.6 is 11.8 Å². The zero-order valence-electron chi connectivity index (χ0n) is 18.1. The van der Waals surface area contributed by atoms with E-state index in [0.29, 0.717) is 21.7 Å². The number of fused-ring (bicyclic) bond motifs is 1. The maximum absolute atomic E-state index is 13.1. The van der Waals surface area contributed by atoms with Crippen molar-refractivity contribution in [1.29, 1.82) is 0 Å². The molecule has 4 nitrogen and oxygen atoms in total. The van der Waals surface area contributed by atoms with Crippen LogP contribution in [0.3, 0.4) is 0 Å². The van der Waals surface area contributed by atoms with E-state index in [-0.39, 0.29) is 11.7 Å². The van der Waals surface area contributed by atoms with Gasteiger partial charge in [-0.3, -0.25) is 14.6 Å². The number of aliphatic imine (C=N–C) groups is 1. The van der Waals surface area contributed by atoms with Crippen LogP contribution in [-0.2, 0) is 0 Å². The second kappa shape index (κ2) is 9.73. The number of para-hydroxylation sites is 1. The summed E-state index contributed by atoms with van der Waals surface area (Å²) in [6.07, 6.45) is 3.40. The van der Waals surface area contributed by atoms with Crippen LogP contribution in [0.15, 0.2) is 124 Å². The van der Waals surface area contributed by atoms with Crippen LogP contribution in [0, 0.1) is 0 Å². The Labute approximate surface area is 202 Å². The van der Waals surface area contributed by atoms with Crippen LogP contribution < -0.4 is 5.32 Å². The van der Waals surface area contributed by atoms with Gasteiger partial charge in [-0.05, 0) is 59.7 Å². The van der Waals surface area contributed by atoms with Gasteiger partial charge in [0.25, 0.3) is 5.91 Å². The molecule has 0 bridgehead atoms. The number of rotatable bonds is 5. The van der Waals surface area contributed by atoms with E-state index in [1.807, 2.05) is 78.9 Å². The number of carbonyl (C=O) groups is 2. The average molecular weight is 461 g/mol. The fourth-order valence-electron chi connectivity index (χ4n) is 3.71. The highest BCUT2D eigenvalue weighted by atomic mass is 32.2. The lowest BCUT2D eigenvalue weighted by Crippen LogP contribution is -2.13. The molecule has 0 saturated carbocycles. The molecule has 5 heteroatoms. The number of nitrogens with zero attached hydrogens (tertiary/aromatic N) is 1. The molecule has 1 N–H and O–H groups in total. The summed E-state index contributed by atoms with van der Waals surface area (Å²) in [5.74, 6) is -0.283. The molecule has 0 radical (unpaired) electrons. The van der Waals surface area contributed by atoms with Crippen molar-refractivity contribution in [1.82, 2.24) is 0 Å². The molecule has 1 heterocycles. The first-order valence-corrected chi connectivity index (χ1v) is 11.6. The van der Waals surface area contributed by atoms with Crippen LogP contribution in [0.2, 0.25) is 0 Å². The molecule has 0 unspecified atom stereocenters. The Balaban J connectivity index is 1.32. The Hall–Kier alpha value is -4.22. The van der Waals surface area contributed by atoms with Crippen LogP contribution in [0.5, 0.6) is 0 Å². The third-order valence-electron chi connectivity index (χ3n) is 5.41. The zero-order valence-corrected chi connectivity index (χ0v) is 19.0. The smallest absolute Gasteiger partial charge is 0.256 e. The predicted molar refractivity (Wildman–Crippen MR) is 139 cm³/mol. The number of Topliss-reactive ketones (excluding diaryl/α,β-unsaturated/α-hetero) is 1. The minimum absolute atomic E-state index is 0.0829. The van der Waals surface area contributed by atoms with Gasteiger partial charge in [0.05, 0.1) is 10.6 Å². The van der Waals surface area contributed by atoms with Crippen molar-refractivity contribution in [2.75, 3.05) is 5.32 Å². The van der Waals surface area contributed by atoms with E-state index in [9.17, 15) is 9.59 Å². The van der Waals surface area contributed by atoms with Gasteiger partial charge in [-0.25, -0.2) is 0 Å². The summed E-state index contributed by atoms with van der Waals surface area (Å²) in [6, 6.07) is 32.0. The number of carbonyl (C=O) groups excluding carboxylic acids is 2. The van der Waals surface area contributed by atoms with Crippen molar-refractivity contribution < 1.29 is 9.59 Å². The van der Waals surface area contributed by atoms with Crippen molar-refractivity contribution >= 4 is 41.0 Å². The molecule has 34 heavy (non-hydrogen) atoms. The maximum Gasteiger partial charge on any atom is 0.256 e. The van der Waals surface area contributed by atoms with Crippen LogP contribution in [0.25, 0.3) is 11.1 Å². The first kappa shape index (κ1) is 21.6. The highest BCUT2D eigenvalue weighted by molar-refractivity contribution is 8.04. The Bertz CT molecular complexity index is 1420. The lowest BCUT2D eigenvalue weighted by molar-refractivity contribution is 0.102. The first-order valence-electron chi connectivity index (χ1n) is 10.8. The van der Waals surface area contributed by atoms with Crippen molar-refractivity contribution in [3.8, 4) is 11.1 Å². The zero-order chi connectivity index (χ0) is 23.3. The summed E-state index contributed by atoms with van der Waals surface area (Å²) >= 11 is 1.41. The van der Waals surface area contributed by atoms with Crippen LogP contribution in [0.4, 0.5) is 11.4 Å². The lowest BCUT2D eigenvalue weighted by atomic mass is 9.99. The molecule has 0 atom stereocenters. The summed E-state index contributed by atoms with van der Waals surface area (Å²) in [7, 11) is 0. The highest BCUT2D eigenvalue weighted by Crippen LogP contribution is 2.37. The number of allylic oxidation sites excluding steroid dienone is 2. The molecule has 1 aliphatic rings. The van der Waals surface area contributed by atoms with Crippen LogP contribution in [0.1, 0.15) is 20.7 Å². The quantitative estimate of drug-likeness (QED) is 0.321. The molecular formula is C29H20N2O2S. The van der Waals surface area contributed by atoms with E-state index in [1.54, 1.807) is 36.6 Å². The van der Waals surface area contributed by atoms with Crippen molar-refractivity contribution in [2.45, 2.75) is 4.90 Å². The molecule has 0 aliphatic carbocycles. The van der Waals surface area contributed by atoms with Gasteiger partial charge in [-0.15, -0.1) is 0 Å². The molecule has 164 valence electrons. The Kier molecular flexibility index (Phi) is 6.19. The molecule has 0 spiro atoms. The molecule has 1 aliphatic heterocycles. The van der Waals surface area contributed by atoms with Gasteiger partial charge in [0, 0.05) is 27.9 Å². The monoisotopic (exact) mass is 460 g/mol. The molecule has 4 aromatic rings. The second-order valence-electron chi connectivity index (χ2n) is 7.65. The third-order valence-corrected chi connectivity index (χ3v) is 6.52. The number of amides is 1. The normalized spacial score (nSPS) is 12.3. The summed E-state index contributed by atoms with van der Waals surface area (Å²) in [5.41, 5.74) is 4.46. The largest absolute Gasteiger partial charge is 0.322 e. The second-order valence-corrected chi connectivity index (χ2v) is 8.73. The number of hydrogen-bond donors (Lipinski definition) is 1. The van der Waals surface area contributed by atoms with E-state index in [0.717, 1.165) is 21.7 Å². The number of thioether (sulfide) groups is 1. The van der Waals surface area contributed by atoms with Gasteiger partial charge in [-0.1, -0.05) is 72.4 Å². The standard InChI is InChI=1S/C29H20N2O2S/c32-28(27-18-19-30-25-12-6-7-13-26(25)34-27)21-14-16-22(17-15-21)31-29(33)24-11-5-4-10-23(24)20-8-2-1-3-9-20/h1-19H,(H,31,33). The summed E-state index contributed by atoms with van der Waals surface area (Å²) < 4.78 is 0. The molecule has 5 rings (SSSR count).